The number of carbonyl (C=O) groups is 2. The van der Waals surface area contributed by atoms with Crippen LogP contribution in [0.1, 0.15) is 55.7 Å². The fraction of sp³-hybridized carbons (Fsp3) is 0.394. The Labute approximate surface area is 262 Å². The summed E-state index contributed by atoms with van der Waals surface area (Å²) in [7, 11) is -3.00. The Kier molecular flexibility index (Phi) is 10.8. The van der Waals surface area contributed by atoms with E-state index in [1.165, 1.54) is 30.2 Å². The third kappa shape index (κ3) is 8.56. The molecule has 1 aliphatic rings. The molecular weight excluding hydrogens is 607 g/mol. The first-order valence-corrected chi connectivity index (χ1v) is 16.2. The number of benzene rings is 3. The highest BCUT2D eigenvalue weighted by molar-refractivity contribution is 7.92. The van der Waals surface area contributed by atoms with Gasteiger partial charge < -0.3 is 15.0 Å². The molecule has 1 saturated carbocycles. The molecule has 3 aromatic rings. The summed E-state index contributed by atoms with van der Waals surface area (Å²) in [4.78, 5) is 28.6. The molecule has 0 saturated heterocycles. The zero-order valence-corrected chi connectivity index (χ0v) is 26.3. The number of aryl methyl sites for hydroxylation is 1. The van der Waals surface area contributed by atoms with Crippen LogP contribution in [0.2, 0.25) is 0 Å². The lowest BCUT2D eigenvalue weighted by atomic mass is 9.95. The van der Waals surface area contributed by atoms with Crippen molar-refractivity contribution in [2.24, 2.45) is 0 Å². The lowest BCUT2D eigenvalue weighted by molar-refractivity contribution is -0.139. The highest BCUT2D eigenvalue weighted by atomic mass is 32.2. The third-order valence-electron chi connectivity index (χ3n) is 7.98. The molecule has 0 heterocycles. The quantitative estimate of drug-likeness (QED) is 0.273. The van der Waals surface area contributed by atoms with Crippen LogP contribution in [0.4, 0.5) is 18.9 Å². The molecule has 1 fully saturated rings. The van der Waals surface area contributed by atoms with Crippen molar-refractivity contribution in [3.05, 3.63) is 89.5 Å². The van der Waals surface area contributed by atoms with E-state index in [4.69, 9.17) is 4.74 Å². The fourth-order valence-corrected chi connectivity index (χ4v) is 6.69. The van der Waals surface area contributed by atoms with Crippen molar-refractivity contribution in [3.63, 3.8) is 0 Å². The number of rotatable bonds is 11. The van der Waals surface area contributed by atoms with E-state index in [9.17, 15) is 31.2 Å². The second-order valence-corrected chi connectivity index (χ2v) is 13.1. The number of sulfonamides is 1. The molecule has 0 aromatic heterocycles. The van der Waals surface area contributed by atoms with Gasteiger partial charge in [-0.2, -0.15) is 13.2 Å². The lowest BCUT2D eigenvalue weighted by Gasteiger charge is -2.33. The first kappa shape index (κ1) is 33.8. The number of carbonyl (C=O) groups excluding carboxylic acids is 2. The van der Waals surface area contributed by atoms with Gasteiger partial charge in [0.25, 0.3) is 10.0 Å². The summed E-state index contributed by atoms with van der Waals surface area (Å²) in [5.41, 5.74) is 0.0296. The highest BCUT2D eigenvalue weighted by Crippen LogP contribution is 2.33. The molecule has 0 radical (unpaired) electrons. The summed E-state index contributed by atoms with van der Waals surface area (Å²) in [5, 5.41) is 3.02. The van der Waals surface area contributed by atoms with Gasteiger partial charge in [-0.05, 0) is 74.7 Å². The maximum atomic E-state index is 14.1. The summed E-state index contributed by atoms with van der Waals surface area (Å²) in [5.74, 6) is -0.569. The molecule has 4 rings (SSSR count). The zero-order chi connectivity index (χ0) is 32.8. The van der Waals surface area contributed by atoms with E-state index >= 15 is 0 Å². The van der Waals surface area contributed by atoms with E-state index < -0.39 is 46.2 Å². The maximum absolute atomic E-state index is 14.1. The zero-order valence-electron chi connectivity index (χ0n) is 25.5. The van der Waals surface area contributed by atoms with E-state index in [-0.39, 0.29) is 23.2 Å². The van der Waals surface area contributed by atoms with E-state index in [0.29, 0.717) is 21.7 Å². The molecule has 8 nitrogen and oxygen atoms in total. The van der Waals surface area contributed by atoms with Gasteiger partial charge in [0.05, 0.1) is 23.3 Å². The number of halogens is 3. The number of nitrogens with zero attached hydrogens (tertiary/aromatic N) is 2. The minimum Gasteiger partial charge on any atom is -0.497 e. The maximum Gasteiger partial charge on any atom is 0.416 e. The number of alkyl halides is 3. The van der Waals surface area contributed by atoms with Gasteiger partial charge in [-0.15, -0.1) is 0 Å². The number of ether oxygens (including phenoxy) is 1. The Morgan fingerprint density at radius 1 is 0.978 bits per heavy atom. The number of anilines is 1. The van der Waals surface area contributed by atoms with Crippen LogP contribution >= 0.6 is 0 Å². The fourth-order valence-electron chi connectivity index (χ4n) is 5.28. The summed E-state index contributed by atoms with van der Waals surface area (Å²) in [6.45, 7) is 2.43. The van der Waals surface area contributed by atoms with E-state index in [1.54, 1.807) is 50.2 Å². The van der Waals surface area contributed by atoms with Gasteiger partial charge in [0.2, 0.25) is 11.8 Å². The van der Waals surface area contributed by atoms with Crippen LogP contribution in [0.15, 0.2) is 77.7 Å². The largest absolute Gasteiger partial charge is 0.497 e. The van der Waals surface area contributed by atoms with Gasteiger partial charge >= 0.3 is 6.18 Å². The third-order valence-corrected chi connectivity index (χ3v) is 9.77. The number of hydrogen-bond acceptors (Lipinski definition) is 5. The molecule has 3 aromatic carbocycles. The van der Waals surface area contributed by atoms with Crippen LogP contribution in [0, 0.1) is 6.92 Å². The lowest BCUT2D eigenvalue weighted by Crippen LogP contribution is -2.53. The van der Waals surface area contributed by atoms with Gasteiger partial charge in [-0.25, -0.2) is 8.42 Å². The molecule has 0 unspecified atom stereocenters. The van der Waals surface area contributed by atoms with E-state index in [1.807, 2.05) is 0 Å². The smallest absolute Gasteiger partial charge is 0.416 e. The average molecular weight is 646 g/mol. The monoisotopic (exact) mass is 645 g/mol. The summed E-state index contributed by atoms with van der Waals surface area (Å²) >= 11 is 0. The summed E-state index contributed by atoms with van der Waals surface area (Å²) in [6.07, 6.45) is -0.0461. The molecule has 45 heavy (non-hydrogen) atoms. The molecule has 242 valence electrons. The number of methoxy groups -OCH3 is 1. The number of nitrogens with one attached hydrogen (secondary N) is 1. The summed E-state index contributed by atoms with van der Waals surface area (Å²) in [6, 6.07) is 15.4. The van der Waals surface area contributed by atoms with Gasteiger partial charge in [0.1, 0.15) is 18.3 Å². The molecule has 1 N–H and O–H groups in total. The number of hydrogen-bond donors (Lipinski definition) is 1. The van der Waals surface area contributed by atoms with E-state index in [0.717, 1.165) is 49.8 Å². The van der Waals surface area contributed by atoms with Gasteiger partial charge in [-0.1, -0.05) is 55.2 Å². The van der Waals surface area contributed by atoms with Crippen molar-refractivity contribution in [2.45, 2.75) is 75.7 Å². The average Bonchev–Trinajstić information content (AvgIpc) is 3.02. The van der Waals surface area contributed by atoms with Crippen LogP contribution in [0.5, 0.6) is 5.75 Å². The second kappa shape index (κ2) is 14.4. The SMILES string of the molecule is COc1ccc(CN(C(=O)CN(c2cccc(C(F)(F)F)c2)S(=O)(=O)c2ccc(C)cc2)[C@@H](C)C(=O)NC2CCCCC2)cc1. The molecule has 0 spiro atoms. The van der Waals surface area contributed by atoms with Gasteiger partial charge in [-0.3, -0.25) is 13.9 Å². The molecule has 1 atom stereocenters. The Balaban J connectivity index is 1.72. The van der Waals surface area contributed by atoms with Crippen molar-refractivity contribution in [2.75, 3.05) is 18.0 Å². The predicted octanol–water partition coefficient (Wildman–Crippen LogP) is 6.08. The van der Waals surface area contributed by atoms with E-state index in [2.05, 4.69) is 5.32 Å². The minimum atomic E-state index is -4.74. The molecule has 0 aliphatic heterocycles. The van der Waals surface area contributed by atoms with Crippen LogP contribution in [0.3, 0.4) is 0 Å². The standard InChI is InChI=1S/C33H38F3N3O5S/c1-23-12-18-30(19-13-23)45(42,43)39(28-11-7-8-26(20-28)33(34,35)36)22-31(40)38(21-25-14-16-29(44-3)17-15-25)24(2)32(41)37-27-9-5-4-6-10-27/h7-8,11-20,24,27H,4-6,9-10,21-22H2,1-3H3,(H,37,41)/t24-/m0/s1. The normalized spacial score (nSPS) is 14.8. The van der Waals surface area contributed by atoms with Gasteiger partial charge in [0.15, 0.2) is 0 Å². The second-order valence-electron chi connectivity index (χ2n) is 11.3. The van der Waals surface area contributed by atoms with Crippen LogP contribution in [-0.4, -0.2) is 50.9 Å². The highest BCUT2D eigenvalue weighted by Gasteiger charge is 2.35. The van der Waals surface area contributed by atoms with Gasteiger partial charge in [0, 0.05) is 12.6 Å². The number of amides is 2. The van der Waals surface area contributed by atoms with Crippen molar-refractivity contribution < 1.29 is 35.9 Å². The summed E-state index contributed by atoms with van der Waals surface area (Å²) < 4.78 is 74.8. The van der Waals surface area contributed by atoms with Crippen molar-refractivity contribution in [1.29, 1.82) is 0 Å². The first-order valence-electron chi connectivity index (χ1n) is 14.8. The van der Waals surface area contributed by atoms with Crippen LogP contribution in [0.25, 0.3) is 0 Å². The Bertz CT molecular complexity index is 1570. The van der Waals surface area contributed by atoms with Crippen molar-refractivity contribution in [3.8, 4) is 5.75 Å². The van der Waals surface area contributed by atoms with Crippen LogP contribution < -0.4 is 14.4 Å². The molecule has 0 bridgehead atoms. The molecule has 12 heteroatoms. The Morgan fingerprint density at radius 3 is 2.22 bits per heavy atom. The van der Waals surface area contributed by atoms with Crippen molar-refractivity contribution in [1.82, 2.24) is 10.2 Å². The topological polar surface area (TPSA) is 96.0 Å². The molecule has 2 amide bonds. The first-order chi connectivity index (χ1) is 21.3. The van der Waals surface area contributed by atoms with Crippen LogP contribution in [-0.2, 0) is 32.3 Å². The molecule has 1 aliphatic carbocycles. The Morgan fingerprint density at radius 2 is 1.62 bits per heavy atom. The van der Waals surface area contributed by atoms with Crippen molar-refractivity contribution >= 4 is 27.5 Å². The minimum absolute atomic E-state index is 0.0323. The predicted molar refractivity (Wildman–Crippen MR) is 165 cm³/mol. The molecular formula is C33H38F3N3O5S. The Hall–Kier alpha value is -4.06.